The first-order valence-electron chi connectivity index (χ1n) is 10.3. The van der Waals surface area contributed by atoms with Gasteiger partial charge in [-0.05, 0) is 37.8 Å². The zero-order valence-corrected chi connectivity index (χ0v) is 26.2. The van der Waals surface area contributed by atoms with E-state index in [4.69, 9.17) is 0 Å². The van der Waals surface area contributed by atoms with Crippen LogP contribution in [0, 0.1) is 5.41 Å². The Hall–Kier alpha value is -1.32. The van der Waals surface area contributed by atoms with Crippen molar-refractivity contribution < 1.29 is 33.6 Å². The van der Waals surface area contributed by atoms with E-state index in [9.17, 15) is 0 Å². The quantitative estimate of drug-likeness (QED) is 0.138. The third-order valence-corrected chi connectivity index (χ3v) is 1.79. The summed E-state index contributed by atoms with van der Waals surface area (Å²) in [6.07, 6.45) is 2.83. The monoisotopic (exact) mass is 572 g/mol. The van der Waals surface area contributed by atoms with Gasteiger partial charge in [-0.1, -0.05) is 83.1 Å². The molecule has 0 atom stereocenters. The van der Waals surface area contributed by atoms with E-state index in [0.717, 1.165) is 0 Å². The molecule has 34 heavy (non-hydrogen) atoms. The summed E-state index contributed by atoms with van der Waals surface area (Å²) in [6, 6.07) is 0. The van der Waals surface area contributed by atoms with Gasteiger partial charge in [-0.25, -0.2) is 0 Å². The van der Waals surface area contributed by atoms with Crippen molar-refractivity contribution in [1.29, 1.82) is 0 Å². The minimum absolute atomic E-state index is 0. The summed E-state index contributed by atoms with van der Waals surface area (Å²) in [5.41, 5.74) is 13.8. The van der Waals surface area contributed by atoms with Gasteiger partial charge in [-0.15, -0.1) is 7.05 Å². The van der Waals surface area contributed by atoms with E-state index < -0.39 is 0 Å². The van der Waals surface area contributed by atoms with Crippen LogP contribution in [0.1, 0.15) is 83.1 Å². The van der Waals surface area contributed by atoms with Gasteiger partial charge in [-0.3, -0.25) is 15.7 Å². The first-order valence-corrected chi connectivity index (χ1v) is 10.3. The molecule has 0 saturated carbocycles. The Morgan fingerprint density at radius 2 is 0.706 bits per heavy atom. The Morgan fingerprint density at radius 1 is 0.471 bits per heavy atom. The predicted molar refractivity (Wildman–Crippen MR) is 138 cm³/mol. The fourth-order valence-electron chi connectivity index (χ4n) is 0.737. The topological polar surface area (TPSA) is 143 Å². The predicted octanol–water partition coefficient (Wildman–Crippen LogP) is 8.36. The Kier molecular flexibility index (Phi) is 33.6. The number of rotatable bonds is 4. The molecular weight excluding hydrogens is 524 g/mol. The fourth-order valence-corrected chi connectivity index (χ4v) is 0.737. The summed E-state index contributed by atoms with van der Waals surface area (Å²) >= 11 is 0. The molecule has 0 aliphatic heterocycles. The molecule has 0 amide bonds. The van der Waals surface area contributed by atoms with Crippen molar-refractivity contribution in [3.05, 3.63) is 21.7 Å². The molecule has 0 unspecified atom stereocenters. The van der Waals surface area contributed by atoms with E-state index in [0.29, 0.717) is 0 Å². The molecule has 0 spiro atoms. The zero-order valence-electron chi connectivity index (χ0n) is 24.1. The van der Waals surface area contributed by atoms with Gasteiger partial charge in [0.1, 0.15) is 0 Å². The van der Waals surface area contributed by atoms with E-state index in [2.05, 4.69) is 64.0 Å². The van der Waals surface area contributed by atoms with Gasteiger partial charge in [0, 0.05) is 0 Å². The van der Waals surface area contributed by atoms with Crippen LogP contribution in [-0.2, 0) is 33.6 Å². The summed E-state index contributed by atoms with van der Waals surface area (Å²) in [6.45, 7) is 23.9. The van der Waals surface area contributed by atoms with E-state index in [1.807, 2.05) is 83.1 Å². The van der Waals surface area contributed by atoms with Crippen molar-refractivity contribution in [2.45, 2.75) is 99.7 Å². The number of hydrogen-bond donors (Lipinski definition) is 0. The average Bonchev–Trinajstić information content (AvgIpc) is 2.60. The van der Waals surface area contributed by atoms with Crippen LogP contribution in [-0.4, -0.2) is 51.0 Å². The standard InChI is InChI=1S/C6H12N2.3C5H12N3.2Co/c1-6(2,3)5-8-7-4;3*1-5(2,3)7-8-6-4;;/h4*1-4H3;;/q-2;3*-1;+2;+3. The van der Waals surface area contributed by atoms with Crippen molar-refractivity contribution in [3.8, 4) is 0 Å². The maximum absolute atomic E-state index is 3.83. The van der Waals surface area contributed by atoms with E-state index in [1.54, 1.807) is 28.2 Å². The summed E-state index contributed by atoms with van der Waals surface area (Å²) in [5, 5.41) is 25.6. The maximum Gasteiger partial charge on any atom is 3.00 e. The molecule has 0 bridgehead atoms. The van der Waals surface area contributed by atoms with Gasteiger partial charge in [0.15, 0.2) is 0 Å². The van der Waals surface area contributed by atoms with Gasteiger partial charge in [0.05, 0.1) is 0 Å². The molecule has 0 aliphatic carbocycles. The SMILES string of the molecule is C[N-]N=NC(C)(C)C.C[N-]N=NC(C)(C)C.C[N-]N=NC(C)(C)C.C[N-]N=[C-]C(C)(C)C.[Co+2].[Co+3]. The second kappa shape index (κ2) is 24.8. The minimum atomic E-state index is -0.0838. The van der Waals surface area contributed by atoms with Crippen molar-refractivity contribution in [1.82, 2.24) is 0 Å². The molecule has 0 saturated heterocycles. The molecule has 0 aromatic rings. The summed E-state index contributed by atoms with van der Waals surface area (Å²) in [5.74, 6) is 0. The molecule has 0 N–H and O–H groups in total. The van der Waals surface area contributed by atoms with Crippen molar-refractivity contribution >= 4 is 6.21 Å². The first-order chi connectivity index (χ1) is 14.2. The zero-order chi connectivity index (χ0) is 26.5. The average molecular weight is 573 g/mol. The Bertz CT molecular complexity index is 427. The molecule has 0 aliphatic rings. The summed E-state index contributed by atoms with van der Waals surface area (Å²) in [7, 11) is 6.46. The fraction of sp³-hybridized carbons (Fsp3) is 0.952. The van der Waals surface area contributed by atoms with Crippen LogP contribution < -0.4 is 0 Å². The first kappa shape index (κ1) is 46.1. The van der Waals surface area contributed by atoms with Crippen LogP contribution in [0.4, 0.5) is 0 Å². The van der Waals surface area contributed by atoms with E-state index in [1.165, 1.54) is 0 Å². The van der Waals surface area contributed by atoms with Crippen LogP contribution in [0.25, 0.3) is 21.7 Å². The normalized spacial score (nSPS) is 11.8. The number of nitrogens with zero attached hydrogens (tertiary/aromatic N) is 11. The Morgan fingerprint density at radius 3 is 0.765 bits per heavy atom. The Balaban J connectivity index is -0.0000000754. The molecule has 0 aromatic carbocycles. The molecular formula is C21H48Co2N11. The second-order valence-corrected chi connectivity index (χ2v) is 10.3. The molecule has 11 nitrogen and oxygen atoms in total. The van der Waals surface area contributed by atoms with Crippen LogP contribution in [0.15, 0.2) is 36.1 Å². The molecule has 1 radical (unpaired) electrons. The van der Waals surface area contributed by atoms with Crippen molar-refractivity contribution in [2.75, 3.05) is 28.2 Å². The van der Waals surface area contributed by atoms with Crippen LogP contribution in [0.5, 0.6) is 0 Å². The molecule has 205 valence electrons. The van der Waals surface area contributed by atoms with Gasteiger partial charge < -0.3 is 48.4 Å². The summed E-state index contributed by atoms with van der Waals surface area (Å²) < 4.78 is 0. The third kappa shape index (κ3) is 77.4. The largest absolute Gasteiger partial charge is 3.00 e. The summed E-state index contributed by atoms with van der Waals surface area (Å²) in [4.78, 5) is 0. The second-order valence-electron chi connectivity index (χ2n) is 10.3. The Labute approximate surface area is 230 Å². The molecule has 0 rings (SSSR count). The van der Waals surface area contributed by atoms with Gasteiger partial charge >= 0.3 is 33.6 Å². The molecule has 0 heterocycles. The van der Waals surface area contributed by atoms with Crippen molar-refractivity contribution in [2.24, 2.45) is 41.5 Å². The van der Waals surface area contributed by atoms with Gasteiger partial charge in [-0.2, -0.15) is 5.41 Å². The van der Waals surface area contributed by atoms with Crippen LogP contribution in [0.2, 0.25) is 0 Å². The molecule has 0 aromatic heterocycles. The smallest absolute Gasteiger partial charge is 0.643 e. The van der Waals surface area contributed by atoms with E-state index in [-0.39, 0.29) is 55.6 Å². The van der Waals surface area contributed by atoms with Crippen LogP contribution >= 0.6 is 0 Å². The maximum atomic E-state index is 3.83. The third-order valence-electron chi connectivity index (χ3n) is 1.79. The van der Waals surface area contributed by atoms with Crippen molar-refractivity contribution in [3.63, 3.8) is 0 Å². The molecule has 13 heteroatoms. The minimum Gasteiger partial charge on any atom is -0.643 e. The van der Waals surface area contributed by atoms with Gasteiger partial charge in [0.25, 0.3) is 0 Å². The molecule has 0 fully saturated rings. The van der Waals surface area contributed by atoms with Gasteiger partial charge in [0.2, 0.25) is 0 Å². The number of hydrogen-bond acceptors (Lipinski definition) is 7. The van der Waals surface area contributed by atoms with Crippen LogP contribution in [0.3, 0.4) is 0 Å². The van der Waals surface area contributed by atoms with E-state index >= 15 is 0 Å².